The van der Waals surface area contributed by atoms with E-state index in [4.69, 9.17) is 4.42 Å². The van der Waals surface area contributed by atoms with Gasteiger partial charge in [0.05, 0.1) is 18.7 Å². The van der Waals surface area contributed by atoms with Gasteiger partial charge in [0.1, 0.15) is 5.58 Å². The average molecular weight is 308 g/mol. The highest BCUT2D eigenvalue weighted by Crippen LogP contribution is 2.25. The summed E-state index contributed by atoms with van der Waals surface area (Å²) in [6.45, 7) is 6.09. The Bertz CT molecular complexity index is 837. The Balaban J connectivity index is 1.74. The first-order valence-corrected chi connectivity index (χ1v) is 7.71. The van der Waals surface area contributed by atoms with Gasteiger partial charge in [-0.15, -0.1) is 0 Å². The predicted octanol–water partition coefficient (Wildman–Crippen LogP) is 3.86. The highest BCUT2D eigenvalue weighted by Gasteiger charge is 2.14. The highest BCUT2D eigenvalue weighted by molar-refractivity contribution is 5.88. The minimum atomic E-state index is -0.0485. The second-order valence-electron chi connectivity index (χ2n) is 5.94. The lowest BCUT2D eigenvalue weighted by atomic mass is 10.0. The molecular weight excluding hydrogens is 288 g/mol. The monoisotopic (exact) mass is 308 g/mol. The van der Waals surface area contributed by atoms with Crippen LogP contribution in [0, 0.1) is 13.8 Å². The number of nitrogens with one attached hydrogen (secondary N) is 1. The lowest BCUT2D eigenvalue weighted by Gasteiger charge is -2.13. The molecule has 0 bridgehead atoms. The summed E-state index contributed by atoms with van der Waals surface area (Å²) >= 11 is 0. The van der Waals surface area contributed by atoms with E-state index in [-0.39, 0.29) is 11.9 Å². The van der Waals surface area contributed by atoms with Gasteiger partial charge in [-0.2, -0.15) is 0 Å². The second kappa shape index (κ2) is 6.24. The number of rotatable bonds is 4. The first-order chi connectivity index (χ1) is 11.0. The standard InChI is InChI=1S/C19H20N2O2/c1-12-8-17-16(11-23-18(17)9-13(12)2)10-19(22)21-14(3)15-4-6-20-7-5-15/h4-9,11,14H,10H2,1-3H3,(H,21,22). The summed E-state index contributed by atoms with van der Waals surface area (Å²) in [6.07, 6.45) is 5.45. The molecule has 4 heteroatoms. The number of fused-ring (bicyclic) bond motifs is 1. The third kappa shape index (κ3) is 3.26. The van der Waals surface area contributed by atoms with Gasteiger partial charge >= 0.3 is 0 Å². The molecule has 1 aromatic carbocycles. The summed E-state index contributed by atoms with van der Waals surface area (Å²) in [7, 11) is 0. The molecule has 2 aromatic heterocycles. The molecule has 118 valence electrons. The number of amides is 1. The lowest BCUT2D eigenvalue weighted by Crippen LogP contribution is -2.28. The summed E-state index contributed by atoms with van der Waals surface area (Å²) < 4.78 is 5.59. The number of hydrogen-bond donors (Lipinski definition) is 1. The third-order valence-electron chi connectivity index (χ3n) is 4.20. The van der Waals surface area contributed by atoms with E-state index >= 15 is 0 Å². The molecule has 0 aliphatic carbocycles. The molecule has 1 atom stereocenters. The number of aromatic nitrogens is 1. The fourth-order valence-corrected chi connectivity index (χ4v) is 2.67. The molecule has 0 saturated heterocycles. The van der Waals surface area contributed by atoms with Crippen LogP contribution in [0.2, 0.25) is 0 Å². The summed E-state index contributed by atoms with van der Waals surface area (Å²) in [4.78, 5) is 16.3. The van der Waals surface area contributed by atoms with Crippen LogP contribution in [0.5, 0.6) is 0 Å². The molecule has 0 fully saturated rings. The molecule has 0 saturated carbocycles. The Morgan fingerprint density at radius 2 is 1.91 bits per heavy atom. The van der Waals surface area contributed by atoms with Gasteiger partial charge in [-0.3, -0.25) is 9.78 Å². The second-order valence-corrected chi connectivity index (χ2v) is 5.94. The SMILES string of the molecule is Cc1cc2occ(CC(=O)NC(C)c3ccncc3)c2cc1C. The van der Waals surface area contributed by atoms with Crippen LogP contribution < -0.4 is 5.32 Å². The van der Waals surface area contributed by atoms with E-state index in [0.29, 0.717) is 6.42 Å². The topological polar surface area (TPSA) is 55.1 Å². The van der Waals surface area contributed by atoms with Crippen LogP contribution in [-0.2, 0) is 11.2 Å². The zero-order chi connectivity index (χ0) is 16.4. The van der Waals surface area contributed by atoms with Crippen LogP contribution in [0.1, 0.15) is 35.2 Å². The van der Waals surface area contributed by atoms with Crippen molar-refractivity contribution in [2.45, 2.75) is 33.2 Å². The van der Waals surface area contributed by atoms with E-state index in [1.54, 1.807) is 18.7 Å². The lowest BCUT2D eigenvalue weighted by molar-refractivity contribution is -0.121. The van der Waals surface area contributed by atoms with Crippen molar-refractivity contribution in [3.05, 3.63) is 65.2 Å². The first kappa shape index (κ1) is 15.3. The Hall–Kier alpha value is -2.62. The normalized spacial score (nSPS) is 12.3. The highest BCUT2D eigenvalue weighted by atomic mass is 16.3. The zero-order valence-electron chi connectivity index (χ0n) is 13.6. The number of furan rings is 1. The van der Waals surface area contributed by atoms with Crippen LogP contribution in [0.25, 0.3) is 11.0 Å². The molecule has 0 aliphatic heterocycles. The molecule has 3 rings (SSSR count). The fourth-order valence-electron chi connectivity index (χ4n) is 2.67. The van der Waals surface area contributed by atoms with Gasteiger partial charge in [-0.25, -0.2) is 0 Å². The maximum atomic E-state index is 12.3. The van der Waals surface area contributed by atoms with E-state index in [1.807, 2.05) is 25.1 Å². The Morgan fingerprint density at radius 1 is 1.22 bits per heavy atom. The van der Waals surface area contributed by atoms with Gasteiger partial charge in [0.25, 0.3) is 0 Å². The van der Waals surface area contributed by atoms with E-state index < -0.39 is 0 Å². The van der Waals surface area contributed by atoms with Crippen molar-refractivity contribution in [1.82, 2.24) is 10.3 Å². The smallest absolute Gasteiger partial charge is 0.225 e. The molecule has 0 radical (unpaired) electrons. The van der Waals surface area contributed by atoms with E-state index in [0.717, 1.165) is 22.1 Å². The van der Waals surface area contributed by atoms with Gasteiger partial charge < -0.3 is 9.73 Å². The number of nitrogens with zero attached hydrogens (tertiary/aromatic N) is 1. The van der Waals surface area contributed by atoms with E-state index in [9.17, 15) is 4.79 Å². The minimum Gasteiger partial charge on any atom is -0.464 e. The summed E-state index contributed by atoms with van der Waals surface area (Å²) in [5, 5.41) is 4.03. The van der Waals surface area contributed by atoms with Crippen molar-refractivity contribution in [1.29, 1.82) is 0 Å². The molecule has 1 N–H and O–H groups in total. The van der Waals surface area contributed by atoms with Crippen LogP contribution in [0.3, 0.4) is 0 Å². The number of hydrogen-bond acceptors (Lipinski definition) is 3. The quantitative estimate of drug-likeness (QED) is 0.796. The van der Waals surface area contributed by atoms with Crippen LogP contribution in [0.15, 0.2) is 47.3 Å². The van der Waals surface area contributed by atoms with Gasteiger partial charge in [0.15, 0.2) is 0 Å². The maximum Gasteiger partial charge on any atom is 0.225 e. The summed E-state index contributed by atoms with van der Waals surface area (Å²) in [5.41, 5.74) is 5.18. The van der Waals surface area contributed by atoms with Crippen LogP contribution in [0.4, 0.5) is 0 Å². The summed E-state index contributed by atoms with van der Waals surface area (Å²) in [5.74, 6) is -0.0183. The largest absolute Gasteiger partial charge is 0.464 e. The molecule has 2 heterocycles. The van der Waals surface area contributed by atoms with Gasteiger partial charge in [-0.1, -0.05) is 0 Å². The average Bonchev–Trinajstić information content (AvgIpc) is 2.90. The van der Waals surface area contributed by atoms with Gasteiger partial charge in [0.2, 0.25) is 5.91 Å². The van der Waals surface area contributed by atoms with Crippen molar-refractivity contribution >= 4 is 16.9 Å². The Kier molecular flexibility index (Phi) is 4.15. The van der Waals surface area contributed by atoms with Crippen LogP contribution in [-0.4, -0.2) is 10.9 Å². The van der Waals surface area contributed by atoms with Crippen molar-refractivity contribution in [2.75, 3.05) is 0 Å². The van der Waals surface area contributed by atoms with Gasteiger partial charge in [0, 0.05) is 23.3 Å². The number of carbonyl (C=O) groups excluding carboxylic acids is 1. The number of aryl methyl sites for hydroxylation is 2. The van der Waals surface area contributed by atoms with E-state index in [1.165, 1.54) is 11.1 Å². The zero-order valence-corrected chi connectivity index (χ0v) is 13.6. The molecule has 23 heavy (non-hydrogen) atoms. The Labute approximate surface area is 135 Å². The first-order valence-electron chi connectivity index (χ1n) is 7.71. The molecule has 4 nitrogen and oxygen atoms in total. The van der Waals surface area contributed by atoms with E-state index in [2.05, 4.69) is 30.2 Å². The van der Waals surface area contributed by atoms with Crippen molar-refractivity contribution in [3.63, 3.8) is 0 Å². The number of benzene rings is 1. The molecule has 1 amide bonds. The van der Waals surface area contributed by atoms with Crippen LogP contribution >= 0.6 is 0 Å². The van der Waals surface area contributed by atoms with Crippen molar-refractivity contribution < 1.29 is 9.21 Å². The molecule has 0 spiro atoms. The Morgan fingerprint density at radius 3 is 2.65 bits per heavy atom. The van der Waals surface area contributed by atoms with Crippen molar-refractivity contribution in [3.8, 4) is 0 Å². The molecule has 3 aromatic rings. The molecule has 1 unspecified atom stereocenters. The minimum absolute atomic E-state index is 0.0183. The van der Waals surface area contributed by atoms with Gasteiger partial charge in [-0.05, 0) is 61.7 Å². The molecular formula is C19H20N2O2. The molecule has 0 aliphatic rings. The number of carbonyl (C=O) groups is 1. The number of pyridine rings is 1. The van der Waals surface area contributed by atoms with Crippen molar-refractivity contribution in [2.24, 2.45) is 0 Å². The summed E-state index contributed by atoms with van der Waals surface area (Å²) in [6, 6.07) is 7.87. The maximum absolute atomic E-state index is 12.3. The fraction of sp³-hybridized carbons (Fsp3) is 0.263. The third-order valence-corrected chi connectivity index (χ3v) is 4.20. The predicted molar refractivity (Wildman–Crippen MR) is 90.2 cm³/mol.